The number of carboxylic acid groups (broad SMARTS) is 1. The maximum atomic E-state index is 12.5. The van der Waals surface area contributed by atoms with Gasteiger partial charge in [0, 0.05) is 37.6 Å². The number of carbonyl (C=O) groups is 3. The Morgan fingerprint density at radius 3 is 2.19 bits per heavy atom. The highest BCUT2D eigenvalue weighted by atomic mass is 32.1. The van der Waals surface area contributed by atoms with Crippen LogP contribution in [0.2, 0.25) is 0 Å². The third-order valence-electron chi connectivity index (χ3n) is 4.45. The topological polar surface area (TPSA) is 90.0 Å². The first kappa shape index (κ1) is 18.9. The fourth-order valence-electron chi connectivity index (χ4n) is 2.87. The Labute approximate surface area is 161 Å². The third kappa shape index (κ3) is 4.65. The summed E-state index contributed by atoms with van der Waals surface area (Å²) in [5.74, 6) is -0.956. The smallest absolute Gasteiger partial charge is 0.335 e. The first-order valence-corrected chi connectivity index (χ1v) is 9.46. The zero-order valence-corrected chi connectivity index (χ0v) is 15.8. The zero-order valence-electron chi connectivity index (χ0n) is 15.0. The van der Waals surface area contributed by atoms with Crippen molar-refractivity contribution < 1.29 is 19.5 Å². The van der Waals surface area contributed by atoms with E-state index in [9.17, 15) is 14.4 Å². The molecule has 1 saturated heterocycles. The van der Waals surface area contributed by atoms with Gasteiger partial charge in [0.05, 0.1) is 10.4 Å². The molecule has 3 rings (SSSR count). The van der Waals surface area contributed by atoms with E-state index in [0.717, 1.165) is 15.3 Å². The van der Waals surface area contributed by atoms with Crippen molar-refractivity contribution >= 4 is 29.2 Å². The molecular weight excluding hydrogens is 366 g/mol. The largest absolute Gasteiger partial charge is 0.478 e. The minimum Gasteiger partial charge on any atom is -0.478 e. The standard InChI is InChI=1S/C19H21N3O4S/c1-13-2-7-16(27-13)17(23)21-8-10-22(11-9-21)19(26)20-12-14-3-5-15(6-4-14)18(24)25/h2-7H,8-12H2,1H3,(H,20,26)(H,24,25). The second-order valence-corrected chi connectivity index (χ2v) is 7.64. The van der Waals surface area contributed by atoms with Gasteiger partial charge >= 0.3 is 12.0 Å². The lowest BCUT2D eigenvalue weighted by Gasteiger charge is -2.34. The summed E-state index contributed by atoms with van der Waals surface area (Å²) in [5.41, 5.74) is 1.04. The summed E-state index contributed by atoms with van der Waals surface area (Å²) in [4.78, 5) is 40.9. The van der Waals surface area contributed by atoms with Crippen LogP contribution in [0.25, 0.3) is 0 Å². The van der Waals surface area contributed by atoms with E-state index in [4.69, 9.17) is 5.11 Å². The Hall–Kier alpha value is -2.87. The summed E-state index contributed by atoms with van der Waals surface area (Å²) in [5, 5.41) is 11.7. The summed E-state index contributed by atoms with van der Waals surface area (Å²) in [6.45, 7) is 4.29. The first-order valence-electron chi connectivity index (χ1n) is 8.65. The van der Waals surface area contributed by atoms with Crippen LogP contribution in [0.15, 0.2) is 36.4 Å². The molecule has 0 bridgehead atoms. The van der Waals surface area contributed by atoms with Crippen molar-refractivity contribution in [3.05, 3.63) is 57.3 Å². The normalized spacial score (nSPS) is 14.1. The van der Waals surface area contributed by atoms with Crippen molar-refractivity contribution in [2.24, 2.45) is 0 Å². The van der Waals surface area contributed by atoms with Gasteiger partial charge in [-0.25, -0.2) is 9.59 Å². The molecule has 0 saturated carbocycles. The molecule has 27 heavy (non-hydrogen) atoms. The van der Waals surface area contributed by atoms with E-state index in [2.05, 4.69) is 5.32 Å². The van der Waals surface area contributed by atoms with Crippen molar-refractivity contribution in [3.8, 4) is 0 Å². The number of carboxylic acids is 1. The molecule has 2 aromatic rings. The Bertz CT molecular complexity index is 839. The average Bonchev–Trinajstić information content (AvgIpc) is 3.12. The quantitative estimate of drug-likeness (QED) is 0.843. The maximum Gasteiger partial charge on any atom is 0.335 e. The van der Waals surface area contributed by atoms with Gasteiger partial charge in [0.15, 0.2) is 0 Å². The van der Waals surface area contributed by atoms with E-state index >= 15 is 0 Å². The fraction of sp³-hybridized carbons (Fsp3) is 0.316. The molecule has 0 radical (unpaired) electrons. The van der Waals surface area contributed by atoms with Crippen molar-refractivity contribution in [3.63, 3.8) is 0 Å². The number of nitrogens with zero attached hydrogens (tertiary/aromatic N) is 2. The molecule has 1 aromatic heterocycles. The molecule has 1 fully saturated rings. The second-order valence-electron chi connectivity index (χ2n) is 6.35. The lowest BCUT2D eigenvalue weighted by atomic mass is 10.1. The number of benzene rings is 1. The van der Waals surface area contributed by atoms with Gasteiger partial charge in [-0.15, -0.1) is 11.3 Å². The van der Waals surface area contributed by atoms with Crippen LogP contribution < -0.4 is 5.32 Å². The van der Waals surface area contributed by atoms with Crippen molar-refractivity contribution in [2.75, 3.05) is 26.2 Å². The van der Waals surface area contributed by atoms with E-state index in [1.165, 1.54) is 23.5 Å². The van der Waals surface area contributed by atoms with E-state index in [1.807, 2.05) is 19.1 Å². The van der Waals surface area contributed by atoms with Crippen LogP contribution in [-0.2, 0) is 6.54 Å². The van der Waals surface area contributed by atoms with E-state index in [0.29, 0.717) is 32.7 Å². The number of aryl methyl sites for hydroxylation is 1. The Morgan fingerprint density at radius 2 is 1.63 bits per heavy atom. The SMILES string of the molecule is Cc1ccc(C(=O)N2CCN(C(=O)NCc3ccc(C(=O)O)cc3)CC2)s1. The lowest BCUT2D eigenvalue weighted by Crippen LogP contribution is -2.53. The van der Waals surface area contributed by atoms with Gasteiger partial charge in [0.2, 0.25) is 0 Å². The summed E-state index contributed by atoms with van der Waals surface area (Å²) in [7, 11) is 0. The summed E-state index contributed by atoms with van der Waals surface area (Å²) in [6.07, 6.45) is 0. The van der Waals surface area contributed by atoms with E-state index in [-0.39, 0.29) is 17.5 Å². The second kappa shape index (κ2) is 8.22. The molecule has 7 nitrogen and oxygen atoms in total. The minimum atomic E-state index is -0.976. The molecule has 0 atom stereocenters. The molecule has 142 valence electrons. The number of aromatic carboxylic acids is 1. The molecule has 8 heteroatoms. The van der Waals surface area contributed by atoms with Crippen LogP contribution in [0.3, 0.4) is 0 Å². The van der Waals surface area contributed by atoms with Crippen LogP contribution in [-0.4, -0.2) is 59.0 Å². The summed E-state index contributed by atoms with van der Waals surface area (Å²) in [6, 6.07) is 9.99. The number of hydrogen-bond donors (Lipinski definition) is 2. The van der Waals surface area contributed by atoms with Crippen molar-refractivity contribution in [1.82, 2.24) is 15.1 Å². The summed E-state index contributed by atoms with van der Waals surface area (Å²) >= 11 is 1.48. The van der Waals surface area contributed by atoms with Gasteiger partial charge in [-0.05, 0) is 36.8 Å². The minimum absolute atomic E-state index is 0.0201. The van der Waals surface area contributed by atoms with Crippen LogP contribution in [0.1, 0.15) is 30.5 Å². The highest BCUT2D eigenvalue weighted by molar-refractivity contribution is 7.13. The number of urea groups is 1. The van der Waals surface area contributed by atoms with Gasteiger partial charge in [-0.2, -0.15) is 0 Å². The fourth-order valence-corrected chi connectivity index (χ4v) is 3.71. The molecule has 3 amide bonds. The number of carbonyl (C=O) groups excluding carboxylic acids is 2. The van der Waals surface area contributed by atoms with Gasteiger partial charge in [-0.3, -0.25) is 4.79 Å². The van der Waals surface area contributed by atoms with Crippen LogP contribution in [0.4, 0.5) is 4.79 Å². The highest BCUT2D eigenvalue weighted by Gasteiger charge is 2.25. The first-order chi connectivity index (χ1) is 12.9. The lowest BCUT2D eigenvalue weighted by molar-refractivity contribution is 0.0668. The van der Waals surface area contributed by atoms with Crippen LogP contribution in [0, 0.1) is 6.92 Å². The molecule has 1 aliphatic heterocycles. The maximum absolute atomic E-state index is 12.5. The number of thiophene rings is 1. The van der Waals surface area contributed by atoms with Crippen LogP contribution >= 0.6 is 11.3 Å². The Morgan fingerprint density at radius 1 is 1.00 bits per heavy atom. The van der Waals surface area contributed by atoms with Crippen molar-refractivity contribution in [2.45, 2.75) is 13.5 Å². The number of nitrogens with one attached hydrogen (secondary N) is 1. The Balaban J connectivity index is 1.47. The number of piperazine rings is 1. The highest BCUT2D eigenvalue weighted by Crippen LogP contribution is 2.18. The van der Waals surface area contributed by atoms with E-state index < -0.39 is 5.97 Å². The molecule has 2 N–H and O–H groups in total. The van der Waals surface area contributed by atoms with Gasteiger partial charge in [-0.1, -0.05) is 12.1 Å². The third-order valence-corrected chi connectivity index (χ3v) is 5.44. The van der Waals surface area contributed by atoms with Gasteiger partial charge in [0.1, 0.15) is 0 Å². The monoisotopic (exact) mass is 387 g/mol. The predicted molar refractivity (Wildman–Crippen MR) is 102 cm³/mol. The molecule has 1 aromatic carbocycles. The molecule has 0 spiro atoms. The predicted octanol–water partition coefficient (Wildman–Crippen LogP) is 2.42. The molecule has 0 aliphatic carbocycles. The number of hydrogen-bond acceptors (Lipinski definition) is 4. The summed E-state index contributed by atoms with van der Waals surface area (Å²) < 4.78 is 0. The molecule has 1 aliphatic rings. The molecular formula is C19H21N3O4S. The molecule has 0 unspecified atom stereocenters. The average molecular weight is 387 g/mol. The van der Waals surface area contributed by atoms with Crippen molar-refractivity contribution in [1.29, 1.82) is 0 Å². The number of amides is 3. The molecule has 2 heterocycles. The van der Waals surface area contributed by atoms with E-state index in [1.54, 1.807) is 21.9 Å². The van der Waals surface area contributed by atoms with Gasteiger partial charge < -0.3 is 20.2 Å². The van der Waals surface area contributed by atoms with Gasteiger partial charge in [0.25, 0.3) is 5.91 Å². The zero-order chi connectivity index (χ0) is 19.4. The van der Waals surface area contributed by atoms with Crippen LogP contribution in [0.5, 0.6) is 0 Å². The number of rotatable bonds is 4. The Kier molecular flexibility index (Phi) is 5.75.